The molecule has 1 aromatic heterocycles. The summed E-state index contributed by atoms with van der Waals surface area (Å²) in [6.07, 6.45) is 8.19. The number of nitrogens with zero attached hydrogens (tertiary/aromatic N) is 2. The molecule has 1 aromatic carbocycles. The summed E-state index contributed by atoms with van der Waals surface area (Å²) in [6, 6.07) is 11.0. The average molecular weight is 320 g/mol. The fourth-order valence-corrected chi connectivity index (χ4v) is 3.54. The van der Waals surface area contributed by atoms with Gasteiger partial charge in [-0.25, -0.2) is 0 Å². The summed E-state index contributed by atoms with van der Waals surface area (Å²) in [5, 5.41) is 0. The quantitative estimate of drug-likeness (QED) is 0.530. The number of aryl methyl sites for hydroxylation is 4. The highest BCUT2D eigenvalue weighted by molar-refractivity contribution is 5.99. The van der Waals surface area contributed by atoms with Crippen LogP contribution in [0.3, 0.4) is 0 Å². The fourth-order valence-electron chi connectivity index (χ4n) is 3.54. The van der Waals surface area contributed by atoms with Crippen molar-refractivity contribution in [2.45, 2.75) is 65.7 Å². The van der Waals surface area contributed by atoms with E-state index >= 15 is 0 Å². The van der Waals surface area contributed by atoms with E-state index in [0.29, 0.717) is 0 Å². The van der Waals surface area contributed by atoms with E-state index in [1.807, 2.05) is 0 Å². The molecule has 0 amide bonds. The molecule has 1 heterocycles. The molecule has 3 rings (SSSR count). The van der Waals surface area contributed by atoms with E-state index in [2.05, 4.69) is 51.1 Å². The van der Waals surface area contributed by atoms with Gasteiger partial charge in [-0.1, -0.05) is 44.5 Å². The van der Waals surface area contributed by atoms with Crippen LogP contribution in [0.4, 0.5) is 5.69 Å². The molecule has 0 bridgehead atoms. The number of para-hydroxylation sites is 1. The second-order valence-electron chi connectivity index (χ2n) is 6.69. The Kier molecular flexibility index (Phi) is 5.44. The van der Waals surface area contributed by atoms with Crippen molar-refractivity contribution in [1.29, 1.82) is 0 Å². The van der Waals surface area contributed by atoms with E-state index in [4.69, 9.17) is 9.98 Å². The van der Waals surface area contributed by atoms with Gasteiger partial charge < -0.3 is 0 Å². The van der Waals surface area contributed by atoms with Crippen LogP contribution in [0.1, 0.15) is 68.1 Å². The number of benzene rings is 1. The molecule has 1 aliphatic carbocycles. The zero-order valence-electron chi connectivity index (χ0n) is 15.2. The van der Waals surface area contributed by atoms with Gasteiger partial charge in [-0.15, -0.1) is 0 Å². The second-order valence-corrected chi connectivity index (χ2v) is 6.69. The molecule has 2 aromatic rings. The Balaban J connectivity index is 1.99. The molecule has 2 nitrogen and oxygen atoms in total. The van der Waals surface area contributed by atoms with Crippen LogP contribution < -0.4 is 0 Å². The first-order valence-electron chi connectivity index (χ1n) is 9.38. The minimum Gasteiger partial charge on any atom is -0.251 e. The molecular weight excluding hydrogens is 292 g/mol. The van der Waals surface area contributed by atoms with Gasteiger partial charge in [-0.05, 0) is 68.2 Å². The van der Waals surface area contributed by atoms with E-state index in [-0.39, 0.29) is 0 Å². The maximum atomic E-state index is 5.00. The van der Waals surface area contributed by atoms with E-state index in [0.717, 1.165) is 36.4 Å². The maximum absolute atomic E-state index is 5.00. The highest BCUT2D eigenvalue weighted by atomic mass is 14.8. The Morgan fingerprint density at radius 2 is 1.67 bits per heavy atom. The zero-order chi connectivity index (χ0) is 16.9. The lowest BCUT2D eigenvalue weighted by Crippen LogP contribution is -2.04. The van der Waals surface area contributed by atoms with Gasteiger partial charge in [0.15, 0.2) is 0 Å². The minimum atomic E-state index is 1.01. The lowest BCUT2D eigenvalue weighted by Gasteiger charge is -2.11. The van der Waals surface area contributed by atoms with Crippen LogP contribution in [0.5, 0.6) is 0 Å². The number of aromatic nitrogens is 1. The number of pyridine rings is 1. The number of aliphatic imine (C=N–C) groups is 1. The summed E-state index contributed by atoms with van der Waals surface area (Å²) in [5.74, 6) is 0. The predicted octanol–water partition coefficient (Wildman–Crippen LogP) is 5.62. The lowest BCUT2D eigenvalue weighted by molar-refractivity contribution is 0.708. The Morgan fingerprint density at radius 3 is 2.38 bits per heavy atom. The number of hydrogen-bond acceptors (Lipinski definition) is 2. The highest BCUT2D eigenvalue weighted by Gasteiger charge is 2.12. The third-order valence-electron chi connectivity index (χ3n) is 5.04. The van der Waals surface area contributed by atoms with E-state index in [9.17, 15) is 0 Å². The fraction of sp³-hybridized carbons (Fsp3) is 0.455. The van der Waals surface area contributed by atoms with Crippen LogP contribution in [-0.4, -0.2) is 10.7 Å². The maximum Gasteiger partial charge on any atom is 0.0845 e. The SMILES string of the molecule is CCc1cccc(CC)c1N=C(C)c1ccc2c(n1)CCCCC2. The van der Waals surface area contributed by atoms with Gasteiger partial charge in [0, 0.05) is 5.69 Å². The summed E-state index contributed by atoms with van der Waals surface area (Å²) in [6.45, 7) is 6.49. The highest BCUT2D eigenvalue weighted by Crippen LogP contribution is 2.27. The van der Waals surface area contributed by atoms with Gasteiger partial charge >= 0.3 is 0 Å². The molecule has 24 heavy (non-hydrogen) atoms. The van der Waals surface area contributed by atoms with Crippen LogP contribution in [0.2, 0.25) is 0 Å². The summed E-state index contributed by atoms with van der Waals surface area (Å²) < 4.78 is 0. The lowest BCUT2D eigenvalue weighted by atomic mass is 10.0. The van der Waals surface area contributed by atoms with Crippen LogP contribution in [0, 0.1) is 0 Å². The molecule has 126 valence electrons. The first-order valence-corrected chi connectivity index (χ1v) is 9.38. The Bertz CT molecular complexity index is 721. The van der Waals surface area contributed by atoms with Crippen LogP contribution in [-0.2, 0) is 25.7 Å². The molecule has 1 aliphatic rings. The third-order valence-corrected chi connectivity index (χ3v) is 5.04. The molecule has 0 radical (unpaired) electrons. The van der Waals surface area contributed by atoms with Crippen LogP contribution in [0.15, 0.2) is 35.3 Å². The van der Waals surface area contributed by atoms with Gasteiger partial charge in [0.2, 0.25) is 0 Å². The van der Waals surface area contributed by atoms with Gasteiger partial charge in [0.05, 0.1) is 17.1 Å². The van der Waals surface area contributed by atoms with E-state index < -0.39 is 0 Å². The van der Waals surface area contributed by atoms with Crippen molar-refractivity contribution < 1.29 is 0 Å². The monoisotopic (exact) mass is 320 g/mol. The molecule has 0 spiro atoms. The summed E-state index contributed by atoms with van der Waals surface area (Å²) in [5.41, 5.74) is 8.58. The van der Waals surface area contributed by atoms with Crippen LogP contribution >= 0.6 is 0 Å². The third kappa shape index (κ3) is 3.58. The molecule has 0 saturated heterocycles. The second kappa shape index (κ2) is 7.74. The van der Waals surface area contributed by atoms with Crippen molar-refractivity contribution in [3.8, 4) is 0 Å². The summed E-state index contributed by atoms with van der Waals surface area (Å²) >= 11 is 0. The van der Waals surface area contributed by atoms with E-state index in [1.54, 1.807) is 0 Å². The summed E-state index contributed by atoms with van der Waals surface area (Å²) in [7, 11) is 0. The summed E-state index contributed by atoms with van der Waals surface area (Å²) in [4.78, 5) is 9.95. The zero-order valence-corrected chi connectivity index (χ0v) is 15.2. The normalized spacial score (nSPS) is 15.0. The topological polar surface area (TPSA) is 25.2 Å². The van der Waals surface area contributed by atoms with Gasteiger partial charge in [-0.2, -0.15) is 0 Å². The Labute approximate surface area is 146 Å². The van der Waals surface area contributed by atoms with Crippen LogP contribution in [0.25, 0.3) is 0 Å². The van der Waals surface area contributed by atoms with Gasteiger partial charge in [0.25, 0.3) is 0 Å². The Hall–Kier alpha value is -1.96. The molecule has 0 fully saturated rings. The number of fused-ring (bicyclic) bond motifs is 1. The average Bonchev–Trinajstić information content (AvgIpc) is 2.86. The number of hydrogen-bond donors (Lipinski definition) is 0. The first-order chi connectivity index (χ1) is 11.7. The van der Waals surface area contributed by atoms with Crippen molar-refractivity contribution in [1.82, 2.24) is 4.98 Å². The Morgan fingerprint density at radius 1 is 0.958 bits per heavy atom. The van der Waals surface area contributed by atoms with Gasteiger partial charge in [0.1, 0.15) is 0 Å². The van der Waals surface area contributed by atoms with Crippen molar-refractivity contribution in [2.24, 2.45) is 4.99 Å². The standard InChI is InChI=1S/C22H28N2/c1-4-17-11-9-12-18(5-2)22(17)23-16(3)20-15-14-19-10-7-6-8-13-21(19)24-20/h9,11-12,14-15H,4-8,10,13H2,1-3H3. The van der Waals surface area contributed by atoms with Crippen molar-refractivity contribution >= 4 is 11.4 Å². The molecule has 0 aliphatic heterocycles. The number of rotatable bonds is 4. The predicted molar refractivity (Wildman–Crippen MR) is 103 cm³/mol. The van der Waals surface area contributed by atoms with E-state index in [1.165, 1.54) is 48.1 Å². The molecule has 0 unspecified atom stereocenters. The molecule has 2 heteroatoms. The van der Waals surface area contributed by atoms with Gasteiger partial charge in [-0.3, -0.25) is 9.98 Å². The smallest absolute Gasteiger partial charge is 0.0845 e. The van der Waals surface area contributed by atoms with Crippen molar-refractivity contribution in [2.75, 3.05) is 0 Å². The minimum absolute atomic E-state index is 1.01. The van der Waals surface area contributed by atoms with Crippen molar-refractivity contribution in [3.63, 3.8) is 0 Å². The van der Waals surface area contributed by atoms with Crippen molar-refractivity contribution in [3.05, 3.63) is 58.4 Å². The molecular formula is C22H28N2. The molecule has 0 N–H and O–H groups in total. The molecule has 0 atom stereocenters. The first kappa shape index (κ1) is 16.9. The molecule has 0 saturated carbocycles. The largest absolute Gasteiger partial charge is 0.251 e.